The SMILES string of the molecule is Cc1nnc(-c2cccc(S(=O)(=O)Nc3ccc(Cl)cc3C(=O)c3ccncc3)c2)o1. The maximum absolute atomic E-state index is 13.1. The zero-order chi connectivity index (χ0) is 22.0. The molecule has 4 rings (SSSR count). The van der Waals surface area contributed by atoms with E-state index in [0.29, 0.717) is 22.0 Å². The van der Waals surface area contributed by atoms with E-state index in [9.17, 15) is 13.2 Å². The number of carbonyl (C=O) groups is 1. The van der Waals surface area contributed by atoms with Crippen LogP contribution in [0, 0.1) is 6.92 Å². The number of hydrogen-bond acceptors (Lipinski definition) is 7. The number of ketones is 1. The van der Waals surface area contributed by atoms with Gasteiger partial charge in [-0.1, -0.05) is 17.7 Å². The van der Waals surface area contributed by atoms with Crippen molar-refractivity contribution >= 4 is 33.1 Å². The third-order valence-corrected chi connectivity index (χ3v) is 5.93. The maximum atomic E-state index is 13.1. The summed E-state index contributed by atoms with van der Waals surface area (Å²) in [5, 5.41) is 7.96. The van der Waals surface area contributed by atoms with Crippen molar-refractivity contribution < 1.29 is 17.6 Å². The van der Waals surface area contributed by atoms with Crippen LogP contribution in [0.3, 0.4) is 0 Å². The third kappa shape index (κ3) is 4.47. The molecule has 2 aromatic heterocycles. The lowest BCUT2D eigenvalue weighted by Gasteiger charge is -2.13. The van der Waals surface area contributed by atoms with Crippen molar-refractivity contribution in [1.82, 2.24) is 15.2 Å². The standard InChI is InChI=1S/C21H15ClN4O4S/c1-13-24-25-21(30-13)15-3-2-4-17(11-15)31(28,29)26-19-6-5-16(22)12-18(19)20(27)14-7-9-23-10-8-14/h2-12,26H,1H3. The number of aryl methyl sites for hydroxylation is 1. The van der Waals surface area contributed by atoms with Crippen molar-refractivity contribution in [2.75, 3.05) is 4.72 Å². The molecule has 0 radical (unpaired) electrons. The maximum Gasteiger partial charge on any atom is 0.261 e. The zero-order valence-electron chi connectivity index (χ0n) is 16.1. The van der Waals surface area contributed by atoms with Crippen molar-refractivity contribution in [3.05, 3.63) is 89.0 Å². The molecule has 0 spiro atoms. The van der Waals surface area contributed by atoms with Crippen LogP contribution >= 0.6 is 11.6 Å². The summed E-state index contributed by atoms with van der Waals surface area (Å²) < 4.78 is 34.0. The highest BCUT2D eigenvalue weighted by molar-refractivity contribution is 7.92. The van der Waals surface area contributed by atoms with E-state index in [1.807, 2.05) is 0 Å². The van der Waals surface area contributed by atoms with Crippen molar-refractivity contribution in [2.45, 2.75) is 11.8 Å². The van der Waals surface area contributed by atoms with Crippen LogP contribution in [0.15, 0.2) is 76.3 Å². The van der Waals surface area contributed by atoms with Crippen LogP contribution in [0.1, 0.15) is 21.8 Å². The molecule has 0 saturated heterocycles. The molecule has 0 atom stereocenters. The molecule has 0 aliphatic heterocycles. The monoisotopic (exact) mass is 454 g/mol. The Morgan fingerprint density at radius 1 is 1.03 bits per heavy atom. The minimum absolute atomic E-state index is 0.0295. The Balaban J connectivity index is 1.70. The van der Waals surface area contributed by atoms with Gasteiger partial charge in [-0.15, -0.1) is 10.2 Å². The molecule has 2 aromatic carbocycles. The number of halogens is 1. The zero-order valence-corrected chi connectivity index (χ0v) is 17.7. The fourth-order valence-corrected chi connectivity index (χ4v) is 4.16. The lowest BCUT2D eigenvalue weighted by atomic mass is 10.0. The highest BCUT2D eigenvalue weighted by Crippen LogP contribution is 2.27. The van der Waals surface area contributed by atoms with Gasteiger partial charge in [-0.25, -0.2) is 8.42 Å². The second-order valence-corrected chi connectivity index (χ2v) is 8.63. The number of pyridine rings is 1. The molecule has 0 bridgehead atoms. The van der Waals surface area contributed by atoms with Gasteiger partial charge in [0.2, 0.25) is 11.8 Å². The summed E-state index contributed by atoms with van der Waals surface area (Å²) in [5.41, 5.74) is 1.02. The number of anilines is 1. The first kappa shape index (κ1) is 20.7. The molecule has 31 heavy (non-hydrogen) atoms. The molecule has 4 aromatic rings. The van der Waals surface area contributed by atoms with E-state index in [1.165, 1.54) is 54.9 Å². The predicted molar refractivity (Wildman–Crippen MR) is 114 cm³/mol. The van der Waals surface area contributed by atoms with E-state index < -0.39 is 15.8 Å². The third-order valence-electron chi connectivity index (χ3n) is 4.33. The fourth-order valence-electron chi connectivity index (χ4n) is 2.87. The number of hydrogen-bond donors (Lipinski definition) is 1. The van der Waals surface area contributed by atoms with Gasteiger partial charge in [0.05, 0.1) is 10.6 Å². The van der Waals surface area contributed by atoms with Gasteiger partial charge in [-0.05, 0) is 48.5 Å². The smallest absolute Gasteiger partial charge is 0.261 e. The number of nitrogens with zero attached hydrogens (tertiary/aromatic N) is 3. The van der Waals surface area contributed by atoms with E-state index >= 15 is 0 Å². The summed E-state index contributed by atoms with van der Waals surface area (Å²) in [6.07, 6.45) is 2.96. The van der Waals surface area contributed by atoms with E-state index in [-0.39, 0.29) is 22.0 Å². The molecule has 156 valence electrons. The Labute approximate surface area is 183 Å². The molecule has 10 heteroatoms. The van der Waals surface area contributed by atoms with Crippen LogP contribution in [-0.2, 0) is 10.0 Å². The minimum Gasteiger partial charge on any atom is -0.421 e. The second-order valence-electron chi connectivity index (χ2n) is 6.51. The largest absolute Gasteiger partial charge is 0.421 e. The van der Waals surface area contributed by atoms with Crippen molar-refractivity contribution in [1.29, 1.82) is 0 Å². The average molecular weight is 455 g/mol. The molecular formula is C21H15ClN4O4S. The lowest BCUT2D eigenvalue weighted by Crippen LogP contribution is -2.16. The number of nitrogens with one attached hydrogen (secondary N) is 1. The first-order chi connectivity index (χ1) is 14.8. The lowest BCUT2D eigenvalue weighted by molar-refractivity contribution is 0.103. The molecule has 0 aliphatic carbocycles. The molecule has 0 saturated carbocycles. The number of benzene rings is 2. The molecule has 1 N–H and O–H groups in total. The highest BCUT2D eigenvalue weighted by atomic mass is 35.5. The number of rotatable bonds is 6. The molecule has 0 aliphatic rings. The van der Waals surface area contributed by atoms with Crippen LogP contribution in [0.2, 0.25) is 5.02 Å². The minimum atomic E-state index is -4.04. The fraction of sp³-hybridized carbons (Fsp3) is 0.0476. The number of aromatic nitrogens is 3. The van der Waals surface area contributed by atoms with Gasteiger partial charge in [0.1, 0.15) is 0 Å². The summed E-state index contributed by atoms with van der Waals surface area (Å²) in [4.78, 5) is 16.8. The normalized spacial score (nSPS) is 11.3. The second kappa shape index (κ2) is 8.29. The van der Waals surface area contributed by atoms with Gasteiger partial charge < -0.3 is 4.42 Å². The van der Waals surface area contributed by atoms with Crippen LogP contribution < -0.4 is 4.72 Å². The summed E-state index contributed by atoms with van der Waals surface area (Å²) in [6.45, 7) is 1.64. The van der Waals surface area contributed by atoms with Crippen molar-refractivity contribution in [3.8, 4) is 11.5 Å². The quantitative estimate of drug-likeness (QED) is 0.435. The highest BCUT2D eigenvalue weighted by Gasteiger charge is 2.21. The van der Waals surface area contributed by atoms with Crippen LogP contribution in [0.5, 0.6) is 0 Å². The van der Waals surface area contributed by atoms with Gasteiger partial charge in [0, 0.05) is 41.0 Å². The van der Waals surface area contributed by atoms with Crippen LogP contribution in [-0.4, -0.2) is 29.4 Å². The van der Waals surface area contributed by atoms with Gasteiger partial charge in [-0.2, -0.15) is 0 Å². The first-order valence-corrected chi connectivity index (χ1v) is 10.9. The van der Waals surface area contributed by atoms with Crippen molar-refractivity contribution in [2.24, 2.45) is 0 Å². The van der Waals surface area contributed by atoms with Gasteiger partial charge in [0.25, 0.3) is 10.0 Å². The molecule has 0 unspecified atom stereocenters. The number of sulfonamides is 1. The Morgan fingerprint density at radius 3 is 2.52 bits per heavy atom. The molecule has 8 nitrogen and oxygen atoms in total. The molecule has 2 heterocycles. The average Bonchev–Trinajstić information content (AvgIpc) is 3.21. The van der Waals surface area contributed by atoms with Crippen LogP contribution in [0.4, 0.5) is 5.69 Å². The predicted octanol–water partition coefficient (Wildman–Crippen LogP) is 4.13. The Bertz CT molecular complexity index is 1370. The van der Waals surface area contributed by atoms with Crippen LogP contribution in [0.25, 0.3) is 11.5 Å². The molecule has 0 amide bonds. The summed E-state index contributed by atoms with van der Waals surface area (Å²) >= 11 is 6.06. The summed E-state index contributed by atoms with van der Waals surface area (Å²) in [5.74, 6) is 0.175. The van der Waals surface area contributed by atoms with Gasteiger partial charge >= 0.3 is 0 Å². The van der Waals surface area contributed by atoms with Crippen molar-refractivity contribution in [3.63, 3.8) is 0 Å². The first-order valence-electron chi connectivity index (χ1n) is 9.01. The van der Waals surface area contributed by atoms with Gasteiger partial charge in [-0.3, -0.25) is 14.5 Å². The molecular weight excluding hydrogens is 440 g/mol. The Kier molecular flexibility index (Phi) is 5.53. The Morgan fingerprint density at radius 2 is 1.81 bits per heavy atom. The van der Waals surface area contributed by atoms with E-state index in [4.69, 9.17) is 16.0 Å². The van der Waals surface area contributed by atoms with E-state index in [0.717, 1.165) is 0 Å². The van der Waals surface area contributed by atoms with E-state index in [1.54, 1.807) is 19.1 Å². The molecule has 0 fully saturated rings. The van der Waals surface area contributed by atoms with E-state index in [2.05, 4.69) is 19.9 Å². The van der Waals surface area contributed by atoms with Gasteiger partial charge in [0.15, 0.2) is 5.78 Å². The topological polar surface area (TPSA) is 115 Å². The summed E-state index contributed by atoms with van der Waals surface area (Å²) in [7, 11) is -4.04. The number of carbonyl (C=O) groups excluding carboxylic acids is 1. The Hall–Kier alpha value is -3.56. The summed E-state index contributed by atoms with van der Waals surface area (Å²) in [6, 6.07) is 13.5.